The highest BCUT2D eigenvalue weighted by atomic mass is 16.5. The van der Waals surface area contributed by atoms with Crippen LogP contribution in [0.4, 0.5) is 11.9 Å². The molecular formula is C14H27N5O2. The Kier molecular flexibility index (Phi) is 7.74. The van der Waals surface area contributed by atoms with Crippen LogP contribution in [-0.4, -0.2) is 47.9 Å². The maximum atomic E-state index is 5.40. The summed E-state index contributed by atoms with van der Waals surface area (Å²) in [6, 6.07) is 0.458. The normalized spacial score (nSPS) is 12.3. The molecule has 7 heteroatoms. The third-order valence-corrected chi connectivity index (χ3v) is 2.89. The van der Waals surface area contributed by atoms with E-state index in [-0.39, 0.29) is 6.04 Å². The summed E-state index contributed by atoms with van der Waals surface area (Å²) >= 11 is 0. The summed E-state index contributed by atoms with van der Waals surface area (Å²) in [4.78, 5) is 12.9. The van der Waals surface area contributed by atoms with Gasteiger partial charge in [-0.05, 0) is 19.3 Å². The minimum Gasteiger partial charge on any atom is -0.464 e. The van der Waals surface area contributed by atoms with Crippen molar-refractivity contribution in [3.05, 3.63) is 0 Å². The van der Waals surface area contributed by atoms with Crippen LogP contribution in [0.2, 0.25) is 0 Å². The first-order valence-corrected chi connectivity index (χ1v) is 7.48. The number of aromatic nitrogens is 3. The molecule has 21 heavy (non-hydrogen) atoms. The van der Waals surface area contributed by atoms with Crippen LogP contribution in [-0.2, 0) is 4.74 Å². The summed E-state index contributed by atoms with van der Waals surface area (Å²) in [6.45, 7) is 10.1. The van der Waals surface area contributed by atoms with E-state index in [0.717, 1.165) is 13.0 Å². The SMILES string of the molecule is CCCNc1nc(NC(COC)C(C)C)nc(OCC)n1. The Morgan fingerprint density at radius 2 is 1.81 bits per heavy atom. The van der Waals surface area contributed by atoms with Crippen LogP contribution < -0.4 is 15.4 Å². The fourth-order valence-corrected chi connectivity index (χ4v) is 1.68. The number of nitrogens with zero attached hydrogens (tertiary/aromatic N) is 3. The molecule has 1 aromatic rings. The van der Waals surface area contributed by atoms with Gasteiger partial charge in [0.05, 0.1) is 19.3 Å². The van der Waals surface area contributed by atoms with E-state index in [1.165, 1.54) is 0 Å². The number of nitrogens with one attached hydrogen (secondary N) is 2. The molecule has 1 atom stereocenters. The number of methoxy groups -OCH3 is 1. The summed E-state index contributed by atoms with van der Waals surface area (Å²) in [7, 11) is 1.68. The molecule has 120 valence electrons. The van der Waals surface area contributed by atoms with Crippen molar-refractivity contribution in [3.63, 3.8) is 0 Å². The van der Waals surface area contributed by atoms with Crippen molar-refractivity contribution in [2.45, 2.75) is 40.2 Å². The highest BCUT2D eigenvalue weighted by Crippen LogP contribution is 2.14. The molecule has 0 saturated carbocycles. The Balaban J connectivity index is 2.89. The highest BCUT2D eigenvalue weighted by Gasteiger charge is 2.16. The fraction of sp³-hybridized carbons (Fsp3) is 0.786. The van der Waals surface area contributed by atoms with Gasteiger partial charge in [-0.3, -0.25) is 0 Å². The number of ether oxygens (including phenoxy) is 2. The van der Waals surface area contributed by atoms with Crippen LogP contribution in [0, 0.1) is 5.92 Å². The zero-order chi connectivity index (χ0) is 15.7. The molecule has 0 saturated heterocycles. The van der Waals surface area contributed by atoms with Gasteiger partial charge >= 0.3 is 6.01 Å². The Morgan fingerprint density at radius 1 is 1.10 bits per heavy atom. The molecule has 1 aromatic heterocycles. The highest BCUT2D eigenvalue weighted by molar-refractivity contribution is 5.36. The monoisotopic (exact) mass is 297 g/mol. The van der Waals surface area contributed by atoms with E-state index in [1.54, 1.807) is 7.11 Å². The molecule has 0 aromatic carbocycles. The molecule has 0 radical (unpaired) electrons. The molecule has 7 nitrogen and oxygen atoms in total. The van der Waals surface area contributed by atoms with E-state index in [4.69, 9.17) is 9.47 Å². The summed E-state index contributed by atoms with van der Waals surface area (Å²) in [5.74, 6) is 1.42. The lowest BCUT2D eigenvalue weighted by atomic mass is 10.1. The van der Waals surface area contributed by atoms with E-state index in [1.807, 2.05) is 6.92 Å². The van der Waals surface area contributed by atoms with Crippen molar-refractivity contribution in [2.75, 3.05) is 37.5 Å². The third-order valence-electron chi connectivity index (χ3n) is 2.89. The van der Waals surface area contributed by atoms with Crippen LogP contribution in [0.5, 0.6) is 6.01 Å². The van der Waals surface area contributed by atoms with E-state index in [9.17, 15) is 0 Å². The van der Waals surface area contributed by atoms with Crippen molar-refractivity contribution < 1.29 is 9.47 Å². The van der Waals surface area contributed by atoms with Crippen molar-refractivity contribution >= 4 is 11.9 Å². The Labute approximate surface area is 126 Å². The van der Waals surface area contributed by atoms with Gasteiger partial charge in [0, 0.05) is 13.7 Å². The Bertz CT molecular complexity index is 414. The van der Waals surface area contributed by atoms with Crippen LogP contribution in [0.25, 0.3) is 0 Å². The van der Waals surface area contributed by atoms with E-state index < -0.39 is 0 Å². The van der Waals surface area contributed by atoms with Gasteiger partial charge in [0.1, 0.15) is 0 Å². The molecule has 0 amide bonds. The first kappa shape index (κ1) is 17.4. The second kappa shape index (κ2) is 9.33. The van der Waals surface area contributed by atoms with Gasteiger partial charge < -0.3 is 20.1 Å². The summed E-state index contributed by atoms with van der Waals surface area (Å²) < 4.78 is 10.6. The molecule has 0 aliphatic heterocycles. The van der Waals surface area contributed by atoms with Gasteiger partial charge in [-0.25, -0.2) is 0 Å². The maximum absolute atomic E-state index is 5.40. The fourth-order valence-electron chi connectivity index (χ4n) is 1.68. The molecule has 1 unspecified atom stereocenters. The number of rotatable bonds is 10. The lowest BCUT2D eigenvalue weighted by Gasteiger charge is -2.21. The standard InChI is InChI=1S/C14H27N5O2/c1-6-8-15-12-17-13(19-14(18-12)21-7-2)16-11(9-20-5)10(3)4/h10-11H,6-9H2,1-5H3,(H2,15,16,17,18,19). The van der Waals surface area contributed by atoms with E-state index in [0.29, 0.717) is 37.0 Å². The van der Waals surface area contributed by atoms with Crippen molar-refractivity contribution in [1.82, 2.24) is 15.0 Å². The average Bonchev–Trinajstić information content (AvgIpc) is 2.45. The van der Waals surface area contributed by atoms with Gasteiger partial charge in [0.15, 0.2) is 0 Å². The molecule has 0 fully saturated rings. The lowest BCUT2D eigenvalue weighted by molar-refractivity contribution is 0.170. The van der Waals surface area contributed by atoms with Crippen molar-refractivity contribution in [3.8, 4) is 6.01 Å². The zero-order valence-electron chi connectivity index (χ0n) is 13.6. The Morgan fingerprint density at radius 3 is 2.38 bits per heavy atom. The van der Waals surface area contributed by atoms with E-state index >= 15 is 0 Å². The predicted octanol–water partition coefficient (Wildman–Crippen LogP) is 2.18. The van der Waals surface area contributed by atoms with Gasteiger partial charge in [-0.2, -0.15) is 15.0 Å². The molecule has 0 spiro atoms. The van der Waals surface area contributed by atoms with Gasteiger partial charge in [0.2, 0.25) is 11.9 Å². The minimum atomic E-state index is 0.130. The number of hydrogen-bond donors (Lipinski definition) is 2. The summed E-state index contributed by atoms with van der Waals surface area (Å²) in [5, 5.41) is 6.44. The molecule has 2 N–H and O–H groups in total. The zero-order valence-corrected chi connectivity index (χ0v) is 13.6. The van der Waals surface area contributed by atoms with Crippen LogP contribution in [0.15, 0.2) is 0 Å². The van der Waals surface area contributed by atoms with Crippen molar-refractivity contribution in [1.29, 1.82) is 0 Å². The smallest absolute Gasteiger partial charge is 0.323 e. The molecule has 0 aliphatic rings. The minimum absolute atomic E-state index is 0.130. The lowest BCUT2D eigenvalue weighted by Crippen LogP contribution is -2.31. The first-order valence-electron chi connectivity index (χ1n) is 7.48. The molecule has 0 bridgehead atoms. The molecule has 1 rings (SSSR count). The Hall–Kier alpha value is -1.63. The average molecular weight is 297 g/mol. The van der Waals surface area contributed by atoms with Crippen LogP contribution in [0.3, 0.4) is 0 Å². The van der Waals surface area contributed by atoms with Gasteiger partial charge in [-0.15, -0.1) is 0 Å². The second-order valence-corrected chi connectivity index (χ2v) is 5.08. The van der Waals surface area contributed by atoms with E-state index in [2.05, 4.69) is 46.4 Å². The largest absolute Gasteiger partial charge is 0.464 e. The molecule has 0 aliphatic carbocycles. The number of hydrogen-bond acceptors (Lipinski definition) is 7. The molecule has 1 heterocycles. The second-order valence-electron chi connectivity index (χ2n) is 5.08. The number of anilines is 2. The van der Waals surface area contributed by atoms with Crippen LogP contribution in [0.1, 0.15) is 34.1 Å². The summed E-state index contributed by atoms with van der Waals surface area (Å²) in [6.07, 6.45) is 0.997. The predicted molar refractivity (Wildman–Crippen MR) is 83.9 cm³/mol. The van der Waals surface area contributed by atoms with Crippen LogP contribution >= 0.6 is 0 Å². The maximum Gasteiger partial charge on any atom is 0.323 e. The first-order chi connectivity index (χ1) is 10.1. The van der Waals surface area contributed by atoms with Gasteiger partial charge in [0.25, 0.3) is 0 Å². The molecular weight excluding hydrogens is 270 g/mol. The summed E-state index contributed by atoms with van der Waals surface area (Å²) in [5.41, 5.74) is 0. The topological polar surface area (TPSA) is 81.2 Å². The van der Waals surface area contributed by atoms with Crippen molar-refractivity contribution in [2.24, 2.45) is 5.92 Å². The quantitative estimate of drug-likeness (QED) is 0.685. The van der Waals surface area contributed by atoms with Gasteiger partial charge in [-0.1, -0.05) is 20.8 Å². The third kappa shape index (κ3) is 6.12.